The van der Waals surface area contributed by atoms with Crippen LogP contribution in [0.5, 0.6) is 0 Å². The van der Waals surface area contributed by atoms with E-state index >= 15 is 0 Å². The van der Waals surface area contributed by atoms with Gasteiger partial charge in [0.05, 0.1) is 4.75 Å². The molecule has 0 heterocycles. The topological polar surface area (TPSA) is 75.3 Å². The Morgan fingerprint density at radius 3 is 2.43 bits per heavy atom. The molecule has 2 aliphatic rings. The van der Waals surface area contributed by atoms with Crippen molar-refractivity contribution in [3.63, 3.8) is 0 Å². The third-order valence-corrected chi connectivity index (χ3v) is 7.15. The van der Waals surface area contributed by atoms with Crippen LogP contribution in [-0.2, 0) is 14.8 Å². The van der Waals surface area contributed by atoms with E-state index in [0.29, 0.717) is 19.3 Å². The van der Waals surface area contributed by atoms with Gasteiger partial charge in [0.25, 0.3) is 5.91 Å². The van der Waals surface area contributed by atoms with E-state index < -0.39 is 26.2 Å². The maximum atomic E-state index is 12.5. The number of likely N-dealkylation sites (N-methyl/N-ethyl adjacent to an activating group) is 1. The van der Waals surface area contributed by atoms with E-state index in [4.69, 9.17) is 0 Å². The predicted molar refractivity (Wildman–Crippen MR) is 83.3 cm³/mol. The molecule has 0 radical (unpaired) electrons. The molecule has 5 nitrogen and oxygen atoms in total. The molecule has 0 aliphatic heterocycles. The van der Waals surface area contributed by atoms with Crippen LogP contribution in [0, 0.1) is 5.92 Å². The molecule has 2 atom stereocenters. The zero-order valence-corrected chi connectivity index (χ0v) is 13.9. The molecule has 6 heteroatoms. The van der Waals surface area contributed by atoms with Crippen LogP contribution in [0.3, 0.4) is 0 Å². The van der Waals surface area contributed by atoms with Gasteiger partial charge in [0.15, 0.2) is 0 Å². The molecule has 2 rings (SSSR count). The summed E-state index contributed by atoms with van der Waals surface area (Å²) in [6.07, 6.45) is 9.01. The summed E-state index contributed by atoms with van der Waals surface area (Å²) in [6, 6.07) is 0. The Kier molecular flexibility index (Phi) is 4.49. The fraction of sp³-hybridized carbons (Fsp3) is 0.800. The minimum absolute atomic E-state index is 0.0660. The van der Waals surface area contributed by atoms with E-state index in [9.17, 15) is 13.2 Å². The average Bonchev–Trinajstić information content (AvgIpc) is 3.14. The third-order valence-electron chi connectivity index (χ3n) is 4.99. The van der Waals surface area contributed by atoms with Gasteiger partial charge in [0.1, 0.15) is 5.54 Å². The number of unbranched alkanes of at least 4 members (excludes halogenated alkanes) is 1. The summed E-state index contributed by atoms with van der Waals surface area (Å²) in [4.78, 5) is 12.5. The monoisotopic (exact) mass is 314 g/mol. The van der Waals surface area contributed by atoms with E-state index in [1.165, 1.54) is 0 Å². The lowest BCUT2D eigenvalue weighted by Crippen LogP contribution is -2.66. The largest absolute Gasteiger partial charge is 0.306 e. The predicted octanol–water partition coefficient (Wildman–Crippen LogP) is 1.71. The molecule has 2 N–H and O–H groups in total. The van der Waals surface area contributed by atoms with Gasteiger partial charge in [0, 0.05) is 5.92 Å². The minimum Gasteiger partial charge on any atom is -0.306 e. The lowest BCUT2D eigenvalue weighted by molar-refractivity contribution is -0.131. The number of rotatable bonds is 7. The Labute approximate surface area is 127 Å². The number of carbonyl (C=O) groups excluding carboxylic acids is 1. The summed E-state index contributed by atoms with van der Waals surface area (Å²) in [6.45, 7) is 3.79. The number of hydrogen-bond acceptors (Lipinski definition) is 4. The minimum atomic E-state index is -3.57. The third kappa shape index (κ3) is 2.88. The van der Waals surface area contributed by atoms with Crippen molar-refractivity contribution in [1.29, 1.82) is 0 Å². The molecule has 21 heavy (non-hydrogen) atoms. The first-order chi connectivity index (χ1) is 9.81. The van der Waals surface area contributed by atoms with Crippen molar-refractivity contribution in [3.05, 3.63) is 12.2 Å². The summed E-state index contributed by atoms with van der Waals surface area (Å²) >= 11 is 0. The first-order valence-corrected chi connectivity index (χ1v) is 9.22. The van der Waals surface area contributed by atoms with Gasteiger partial charge in [-0.05, 0) is 46.1 Å². The van der Waals surface area contributed by atoms with Crippen molar-refractivity contribution in [3.8, 4) is 0 Å². The van der Waals surface area contributed by atoms with E-state index in [-0.39, 0.29) is 5.92 Å². The van der Waals surface area contributed by atoms with E-state index in [2.05, 4.69) is 29.1 Å². The summed E-state index contributed by atoms with van der Waals surface area (Å²) in [5, 5.41) is 3.06. The Bertz CT molecular complexity index is 533. The molecule has 0 bridgehead atoms. The Morgan fingerprint density at radius 2 is 2.00 bits per heavy atom. The zero-order chi connectivity index (χ0) is 15.7. The second-order valence-corrected chi connectivity index (χ2v) is 8.66. The fourth-order valence-corrected chi connectivity index (χ4v) is 4.09. The van der Waals surface area contributed by atoms with Gasteiger partial charge in [-0.15, -0.1) is 0 Å². The van der Waals surface area contributed by atoms with Gasteiger partial charge in [-0.25, -0.2) is 8.42 Å². The highest BCUT2D eigenvalue weighted by Crippen LogP contribution is 2.44. The average molecular weight is 314 g/mol. The SMILES string of the molecule is CCCC=CC1CCC1(NC)C(=O)NS(=O)(=O)C1(C)CC1. The van der Waals surface area contributed by atoms with Gasteiger partial charge >= 0.3 is 0 Å². The second kappa shape index (κ2) is 5.72. The molecule has 0 spiro atoms. The van der Waals surface area contributed by atoms with Crippen molar-refractivity contribution < 1.29 is 13.2 Å². The Morgan fingerprint density at radius 1 is 1.33 bits per heavy atom. The summed E-state index contributed by atoms with van der Waals surface area (Å²) in [5.74, 6) is -0.341. The first-order valence-electron chi connectivity index (χ1n) is 7.74. The molecule has 0 aromatic carbocycles. The van der Waals surface area contributed by atoms with E-state index in [1.54, 1.807) is 14.0 Å². The normalized spacial score (nSPS) is 30.9. The van der Waals surface area contributed by atoms with Crippen molar-refractivity contribution in [2.24, 2.45) is 5.92 Å². The van der Waals surface area contributed by atoms with Crippen LogP contribution in [0.25, 0.3) is 0 Å². The van der Waals surface area contributed by atoms with Crippen molar-refractivity contribution >= 4 is 15.9 Å². The number of sulfonamides is 1. The molecule has 2 fully saturated rings. The van der Waals surface area contributed by atoms with Crippen LogP contribution in [0.15, 0.2) is 12.2 Å². The maximum absolute atomic E-state index is 12.5. The van der Waals surface area contributed by atoms with E-state index in [0.717, 1.165) is 19.3 Å². The molecule has 0 aromatic heterocycles. The van der Waals surface area contributed by atoms with Gasteiger partial charge in [0.2, 0.25) is 10.0 Å². The fourth-order valence-electron chi connectivity index (χ4n) is 2.77. The smallest absolute Gasteiger partial charge is 0.254 e. The lowest BCUT2D eigenvalue weighted by Gasteiger charge is -2.46. The number of allylic oxidation sites excluding steroid dienone is 1. The molecular formula is C15H26N2O3S. The first kappa shape index (κ1) is 16.5. The van der Waals surface area contributed by atoms with Gasteiger partial charge in [-0.3, -0.25) is 9.52 Å². The number of nitrogens with one attached hydrogen (secondary N) is 2. The van der Waals surface area contributed by atoms with Crippen molar-refractivity contribution in [2.45, 2.75) is 62.7 Å². The molecule has 120 valence electrons. The molecule has 0 saturated heterocycles. The molecule has 0 aromatic rings. The Balaban J connectivity index is 2.08. The molecule has 2 saturated carbocycles. The zero-order valence-electron chi connectivity index (χ0n) is 13.1. The van der Waals surface area contributed by atoms with Gasteiger partial charge in [-0.2, -0.15) is 0 Å². The van der Waals surface area contributed by atoms with Crippen LogP contribution < -0.4 is 10.0 Å². The molecule has 2 unspecified atom stereocenters. The number of amides is 1. The van der Waals surface area contributed by atoms with Crippen LogP contribution in [0.4, 0.5) is 0 Å². The highest BCUT2D eigenvalue weighted by Gasteiger charge is 2.55. The van der Waals surface area contributed by atoms with Crippen LogP contribution in [0.2, 0.25) is 0 Å². The highest BCUT2D eigenvalue weighted by molar-refractivity contribution is 7.91. The van der Waals surface area contributed by atoms with E-state index in [1.807, 2.05) is 0 Å². The summed E-state index contributed by atoms with van der Waals surface area (Å²) in [5.41, 5.74) is -0.775. The molecule has 1 amide bonds. The Hall–Kier alpha value is -0.880. The van der Waals surface area contributed by atoms with Gasteiger partial charge in [-0.1, -0.05) is 25.5 Å². The quantitative estimate of drug-likeness (QED) is 0.702. The highest BCUT2D eigenvalue weighted by atomic mass is 32.2. The maximum Gasteiger partial charge on any atom is 0.254 e. The summed E-state index contributed by atoms with van der Waals surface area (Å²) in [7, 11) is -1.84. The van der Waals surface area contributed by atoms with Crippen molar-refractivity contribution in [2.75, 3.05) is 7.05 Å². The van der Waals surface area contributed by atoms with Crippen LogP contribution >= 0.6 is 0 Å². The number of carbonyl (C=O) groups is 1. The lowest BCUT2D eigenvalue weighted by atomic mass is 9.66. The molecule has 2 aliphatic carbocycles. The van der Waals surface area contributed by atoms with Crippen LogP contribution in [0.1, 0.15) is 52.4 Å². The molecular weight excluding hydrogens is 288 g/mol. The second-order valence-electron chi connectivity index (χ2n) is 6.47. The number of hydrogen-bond donors (Lipinski definition) is 2. The van der Waals surface area contributed by atoms with Crippen LogP contribution in [-0.4, -0.2) is 31.7 Å². The standard InChI is InChI=1S/C15H26N2O3S/c1-4-5-6-7-12-8-9-15(12,16-3)13(18)17-21(19,20)14(2)10-11-14/h6-7,12,16H,4-5,8-11H2,1-3H3,(H,17,18). The summed E-state index contributed by atoms with van der Waals surface area (Å²) < 4.78 is 26.0. The van der Waals surface area contributed by atoms with Crippen molar-refractivity contribution in [1.82, 2.24) is 10.0 Å². The van der Waals surface area contributed by atoms with Gasteiger partial charge < -0.3 is 5.32 Å².